The monoisotopic (exact) mass is 590 g/mol. The highest BCUT2D eigenvalue weighted by atomic mass is 16.6. The van der Waals surface area contributed by atoms with Gasteiger partial charge in [0, 0.05) is 6.61 Å². The van der Waals surface area contributed by atoms with E-state index in [1.54, 1.807) is 20.8 Å². The lowest BCUT2D eigenvalue weighted by atomic mass is 10.00. The van der Waals surface area contributed by atoms with Crippen LogP contribution in [0.1, 0.15) is 50.8 Å². The number of alkyl carbamates (subject to hydrolysis) is 1. The third-order valence-electron chi connectivity index (χ3n) is 6.33. The van der Waals surface area contributed by atoms with Gasteiger partial charge in [0.05, 0.1) is 38.5 Å². The number of hydrogen-bond acceptors (Lipinski definition) is 6. The molecule has 2 amide bonds. The highest BCUT2D eigenvalue weighted by molar-refractivity contribution is 5.83. The van der Waals surface area contributed by atoms with Gasteiger partial charge in [-0.2, -0.15) is 0 Å². The fourth-order valence-corrected chi connectivity index (χ4v) is 4.38. The molecule has 3 aromatic rings. The van der Waals surface area contributed by atoms with E-state index in [2.05, 4.69) is 10.6 Å². The number of rotatable bonds is 17. The Kier molecular flexibility index (Phi) is 14.2. The van der Waals surface area contributed by atoms with E-state index in [9.17, 15) is 9.59 Å². The number of nitrogens with one attached hydrogen (secondary N) is 2. The summed E-state index contributed by atoms with van der Waals surface area (Å²) in [5.41, 5.74) is 2.33. The predicted molar refractivity (Wildman–Crippen MR) is 167 cm³/mol. The van der Waals surface area contributed by atoms with Crippen LogP contribution in [0.2, 0.25) is 0 Å². The number of hydrogen-bond donors (Lipinski definition) is 2. The van der Waals surface area contributed by atoms with Gasteiger partial charge >= 0.3 is 6.09 Å². The van der Waals surface area contributed by atoms with Gasteiger partial charge in [0.1, 0.15) is 5.60 Å². The fraction of sp³-hybridized carbons (Fsp3) is 0.429. The van der Waals surface area contributed by atoms with Crippen LogP contribution in [0, 0.1) is 0 Å². The molecule has 0 heterocycles. The van der Waals surface area contributed by atoms with Crippen molar-refractivity contribution in [2.24, 2.45) is 0 Å². The summed E-state index contributed by atoms with van der Waals surface area (Å²) in [4.78, 5) is 26.8. The molecule has 1 unspecified atom stereocenters. The molecule has 43 heavy (non-hydrogen) atoms. The summed E-state index contributed by atoms with van der Waals surface area (Å²) in [6.45, 7) is 8.98. The SMILES string of the molecule is CCCOC(C(=O)NC(COCc1ccccc1)COCc1ccccc1)[C@H](Cc1ccccc1)NC(=O)OC(C)(C)C. The first-order chi connectivity index (χ1) is 20.7. The minimum atomic E-state index is -0.974. The summed E-state index contributed by atoms with van der Waals surface area (Å²) < 4.78 is 23.6. The Morgan fingerprint density at radius 3 is 1.67 bits per heavy atom. The van der Waals surface area contributed by atoms with Crippen molar-refractivity contribution in [1.29, 1.82) is 0 Å². The van der Waals surface area contributed by atoms with Crippen LogP contribution in [0.5, 0.6) is 0 Å². The van der Waals surface area contributed by atoms with Crippen molar-refractivity contribution in [1.82, 2.24) is 10.6 Å². The van der Waals surface area contributed by atoms with Gasteiger partial charge in [0.15, 0.2) is 6.10 Å². The van der Waals surface area contributed by atoms with Crippen molar-refractivity contribution in [3.8, 4) is 0 Å². The Hall–Kier alpha value is -3.72. The van der Waals surface area contributed by atoms with Gasteiger partial charge in [-0.15, -0.1) is 0 Å². The van der Waals surface area contributed by atoms with Crippen molar-refractivity contribution < 1.29 is 28.5 Å². The second kappa shape index (κ2) is 18.1. The molecule has 8 heteroatoms. The minimum Gasteiger partial charge on any atom is -0.444 e. The van der Waals surface area contributed by atoms with E-state index in [0.29, 0.717) is 32.7 Å². The van der Waals surface area contributed by atoms with E-state index in [4.69, 9.17) is 18.9 Å². The summed E-state index contributed by atoms with van der Waals surface area (Å²) in [5, 5.41) is 5.99. The van der Waals surface area contributed by atoms with Crippen molar-refractivity contribution in [3.05, 3.63) is 108 Å². The maximum absolute atomic E-state index is 13.9. The Morgan fingerprint density at radius 1 is 0.721 bits per heavy atom. The van der Waals surface area contributed by atoms with Crippen molar-refractivity contribution in [3.63, 3.8) is 0 Å². The smallest absolute Gasteiger partial charge is 0.407 e. The standard InChI is InChI=1S/C35H46N2O6/c1-5-21-42-32(31(22-27-15-9-6-10-16-27)37-34(39)43-35(2,3)4)33(38)36-30(25-40-23-28-17-11-7-12-18-28)26-41-24-29-19-13-8-14-20-29/h6-20,30-32H,5,21-26H2,1-4H3,(H,36,38)(H,37,39)/t31-,32?/m0/s1. The molecule has 2 atom stereocenters. The highest BCUT2D eigenvalue weighted by Gasteiger charge is 2.33. The van der Waals surface area contributed by atoms with E-state index >= 15 is 0 Å². The lowest BCUT2D eigenvalue weighted by Crippen LogP contribution is -2.56. The summed E-state index contributed by atoms with van der Waals surface area (Å²) in [6.07, 6.45) is -0.502. The molecule has 3 rings (SSSR count). The van der Waals surface area contributed by atoms with Crippen molar-refractivity contribution in [2.45, 2.75) is 77.5 Å². The van der Waals surface area contributed by atoms with Crippen LogP contribution >= 0.6 is 0 Å². The minimum absolute atomic E-state index is 0.235. The topological polar surface area (TPSA) is 95.1 Å². The van der Waals surface area contributed by atoms with Gasteiger partial charge in [-0.3, -0.25) is 4.79 Å². The summed E-state index contributed by atoms with van der Waals surface area (Å²) in [7, 11) is 0. The molecule has 8 nitrogen and oxygen atoms in total. The molecule has 0 aliphatic carbocycles. The van der Waals surface area contributed by atoms with E-state index in [1.807, 2.05) is 97.9 Å². The van der Waals surface area contributed by atoms with Gasteiger partial charge in [-0.25, -0.2) is 4.79 Å². The van der Waals surface area contributed by atoms with E-state index in [0.717, 1.165) is 16.7 Å². The molecule has 2 N–H and O–H groups in total. The van der Waals surface area contributed by atoms with Crippen LogP contribution < -0.4 is 10.6 Å². The maximum Gasteiger partial charge on any atom is 0.407 e. The highest BCUT2D eigenvalue weighted by Crippen LogP contribution is 2.14. The molecule has 0 aliphatic rings. The van der Waals surface area contributed by atoms with E-state index in [-0.39, 0.29) is 19.1 Å². The summed E-state index contributed by atoms with van der Waals surface area (Å²) in [5.74, 6) is -0.359. The molecule has 3 aromatic carbocycles. The number of carbonyl (C=O) groups is 2. The first kappa shape index (κ1) is 33.8. The Morgan fingerprint density at radius 2 is 1.21 bits per heavy atom. The average Bonchev–Trinajstić information content (AvgIpc) is 2.98. The lowest BCUT2D eigenvalue weighted by Gasteiger charge is -2.30. The van der Waals surface area contributed by atoms with Crippen LogP contribution in [-0.4, -0.2) is 55.6 Å². The predicted octanol–water partition coefficient (Wildman–Crippen LogP) is 5.84. The molecule has 0 radical (unpaired) electrons. The van der Waals surface area contributed by atoms with Gasteiger partial charge in [-0.05, 0) is 50.3 Å². The maximum atomic E-state index is 13.9. The largest absolute Gasteiger partial charge is 0.444 e. The molecule has 0 saturated heterocycles. The van der Waals surface area contributed by atoms with Crippen molar-refractivity contribution >= 4 is 12.0 Å². The number of carbonyl (C=O) groups excluding carboxylic acids is 2. The second-order valence-electron chi connectivity index (χ2n) is 11.4. The normalized spacial score (nSPS) is 12.9. The lowest BCUT2D eigenvalue weighted by molar-refractivity contribution is -0.136. The Labute approximate surface area is 256 Å². The molecule has 232 valence electrons. The van der Waals surface area contributed by atoms with Gasteiger partial charge in [0.2, 0.25) is 0 Å². The molecular formula is C35H46N2O6. The van der Waals surface area contributed by atoms with E-state index < -0.39 is 29.9 Å². The molecule has 0 spiro atoms. The zero-order chi connectivity index (χ0) is 30.9. The van der Waals surface area contributed by atoms with E-state index in [1.165, 1.54) is 0 Å². The van der Waals surface area contributed by atoms with Crippen molar-refractivity contribution in [2.75, 3.05) is 19.8 Å². The number of benzene rings is 3. The number of amides is 2. The molecule has 0 aromatic heterocycles. The van der Waals surface area contributed by atoms with Gasteiger partial charge in [0.25, 0.3) is 5.91 Å². The second-order valence-corrected chi connectivity index (χ2v) is 11.4. The van der Waals surface area contributed by atoms with Gasteiger partial charge < -0.3 is 29.6 Å². The molecular weight excluding hydrogens is 544 g/mol. The molecule has 0 fully saturated rings. The van der Waals surface area contributed by atoms with Gasteiger partial charge in [-0.1, -0.05) is 97.9 Å². The fourth-order valence-electron chi connectivity index (χ4n) is 4.38. The van der Waals surface area contributed by atoms with Crippen LogP contribution in [0.3, 0.4) is 0 Å². The molecule has 0 aliphatic heterocycles. The molecule has 0 bridgehead atoms. The zero-order valence-electron chi connectivity index (χ0n) is 25.8. The van der Waals surface area contributed by atoms with Crippen LogP contribution in [-0.2, 0) is 43.4 Å². The Bertz CT molecular complexity index is 1160. The zero-order valence-corrected chi connectivity index (χ0v) is 25.8. The average molecular weight is 591 g/mol. The van der Waals surface area contributed by atoms with Crippen LogP contribution in [0.15, 0.2) is 91.0 Å². The van der Waals surface area contributed by atoms with Crippen LogP contribution in [0.4, 0.5) is 4.79 Å². The third-order valence-corrected chi connectivity index (χ3v) is 6.33. The quantitative estimate of drug-likeness (QED) is 0.205. The Balaban J connectivity index is 1.76. The summed E-state index contributed by atoms with van der Waals surface area (Å²) in [6, 6.07) is 28.3. The number of ether oxygens (including phenoxy) is 4. The first-order valence-electron chi connectivity index (χ1n) is 14.9. The van der Waals surface area contributed by atoms with Crippen LogP contribution in [0.25, 0.3) is 0 Å². The third kappa shape index (κ3) is 13.4. The summed E-state index contributed by atoms with van der Waals surface area (Å²) >= 11 is 0. The first-order valence-corrected chi connectivity index (χ1v) is 14.9. The molecule has 0 saturated carbocycles.